The first kappa shape index (κ1) is 26.5. The van der Waals surface area contributed by atoms with Crippen molar-refractivity contribution in [2.45, 2.75) is 71.6 Å². The third-order valence-electron chi connectivity index (χ3n) is 6.73. The van der Waals surface area contributed by atoms with Crippen molar-refractivity contribution in [1.82, 2.24) is 24.4 Å². The number of aromatic nitrogens is 4. The number of amides is 1. The standard InChI is InChI=1S/C27H38N6O4/c1-4-10-19(2)37-25-30-23(28)22-24(31-25)33(26(29-22)35-3)16-9-14-20-13-8-15-32(17-20)27(34)36-18-21-11-6-5-7-12-21/h5-7,11-12,19-20H,4,8-10,13-18H2,1-3H3,(H2,28,30,31)/t19-,20?/m0/s1. The lowest BCUT2D eigenvalue weighted by atomic mass is 9.93. The summed E-state index contributed by atoms with van der Waals surface area (Å²) in [5.74, 6) is 0.685. The Labute approximate surface area is 218 Å². The number of imidazole rings is 1. The molecule has 3 aromatic rings. The largest absolute Gasteiger partial charge is 0.468 e. The summed E-state index contributed by atoms with van der Waals surface area (Å²) in [5, 5.41) is 0. The molecule has 10 nitrogen and oxygen atoms in total. The Hall–Kier alpha value is -3.56. The van der Waals surface area contributed by atoms with E-state index in [4.69, 9.17) is 19.9 Å². The summed E-state index contributed by atoms with van der Waals surface area (Å²) in [4.78, 5) is 27.9. The molecule has 1 aromatic carbocycles. The molecule has 3 heterocycles. The Bertz CT molecular complexity index is 1170. The minimum atomic E-state index is -0.243. The van der Waals surface area contributed by atoms with Gasteiger partial charge in [-0.1, -0.05) is 43.7 Å². The maximum Gasteiger partial charge on any atom is 0.410 e. The molecule has 1 aliphatic heterocycles. The molecule has 10 heteroatoms. The predicted octanol–water partition coefficient (Wildman–Crippen LogP) is 4.81. The number of piperidine rings is 1. The van der Waals surface area contributed by atoms with Crippen molar-refractivity contribution in [1.29, 1.82) is 0 Å². The van der Waals surface area contributed by atoms with Gasteiger partial charge in [-0.25, -0.2) is 4.79 Å². The van der Waals surface area contributed by atoms with E-state index in [9.17, 15) is 4.79 Å². The molecule has 1 unspecified atom stereocenters. The number of methoxy groups -OCH3 is 1. The minimum Gasteiger partial charge on any atom is -0.468 e. The van der Waals surface area contributed by atoms with Crippen molar-refractivity contribution in [2.75, 3.05) is 25.9 Å². The molecule has 200 valence electrons. The normalized spacial score (nSPS) is 16.5. The molecule has 2 aromatic heterocycles. The fourth-order valence-electron chi connectivity index (χ4n) is 4.85. The first-order valence-corrected chi connectivity index (χ1v) is 13.2. The third kappa shape index (κ3) is 6.81. The van der Waals surface area contributed by atoms with Crippen LogP contribution >= 0.6 is 0 Å². The number of nitrogens with zero attached hydrogens (tertiary/aromatic N) is 5. The molecule has 0 spiro atoms. The van der Waals surface area contributed by atoms with Crippen LogP contribution in [-0.2, 0) is 17.9 Å². The van der Waals surface area contributed by atoms with Crippen LogP contribution in [0, 0.1) is 5.92 Å². The number of fused-ring (bicyclic) bond motifs is 1. The number of aryl methyl sites for hydroxylation is 1. The van der Waals surface area contributed by atoms with E-state index in [1.54, 1.807) is 7.11 Å². The van der Waals surface area contributed by atoms with E-state index >= 15 is 0 Å². The quantitative estimate of drug-likeness (QED) is 0.390. The van der Waals surface area contributed by atoms with E-state index in [-0.39, 0.29) is 24.0 Å². The van der Waals surface area contributed by atoms with Gasteiger partial charge in [-0.2, -0.15) is 15.0 Å². The van der Waals surface area contributed by atoms with E-state index in [0.29, 0.717) is 42.8 Å². The van der Waals surface area contributed by atoms with Crippen molar-refractivity contribution < 1.29 is 19.0 Å². The first-order chi connectivity index (χ1) is 18.0. The number of anilines is 1. The van der Waals surface area contributed by atoms with Crippen molar-refractivity contribution in [3.05, 3.63) is 35.9 Å². The van der Waals surface area contributed by atoms with Gasteiger partial charge in [-0.15, -0.1) is 0 Å². The minimum absolute atomic E-state index is 0.00579. The average Bonchev–Trinajstić information content (AvgIpc) is 3.26. The van der Waals surface area contributed by atoms with Gasteiger partial charge in [-0.05, 0) is 50.5 Å². The van der Waals surface area contributed by atoms with E-state index in [2.05, 4.69) is 21.9 Å². The van der Waals surface area contributed by atoms with Gasteiger partial charge < -0.3 is 24.8 Å². The average molecular weight is 511 g/mol. The highest BCUT2D eigenvalue weighted by Crippen LogP contribution is 2.28. The van der Waals surface area contributed by atoms with Crippen LogP contribution in [0.3, 0.4) is 0 Å². The van der Waals surface area contributed by atoms with Crippen molar-refractivity contribution in [3.8, 4) is 12.0 Å². The number of carbonyl (C=O) groups excluding carboxylic acids is 1. The van der Waals surface area contributed by atoms with Gasteiger partial charge >= 0.3 is 12.1 Å². The first-order valence-electron chi connectivity index (χ1n) is 13.2. The second kappa shape index (κ2) is 12.6. The van der Waals surface area contributed by atoms with Crippen LogP contribution in [0.15, 0.2) is 30.3 Å². The predicted molar refractivity (Wildman–Crippen MR) is 141 cm³/mol. The molecule has 4 rings (SSSR count). The molecule has 0 bridgehead atoms. The molecular weight excluding hydrogens is 472 g/mol. The number of nitrogen functional groups attached to an aromatic ring is 1. The van der Waals surface area contributed by atoms with Crippen LogP contribution in [0.1, 0.15) is 57.9 Å². The summed E-state index contributed by atoms with van der Waals surface area (Å²) in [5.41, 5.74) is 8.29. The van der Waals surface area contributed by atoms with Gasteiger partial charge in [0.1, 0.15) is 6.61 Å². The number of hydrogen-bond donors (Lipinski definition) is 1. The van der Waals surface area contributed by atoms with Gasteiger partial charge in [0.2, 0.25) is 0 Å². The summed E-state index contributed by atoms with van der Waals surface area (Å²) in [6.07, 6.45) is 5.57. The molecular formula is C27H38N6O4. The SMILES string of the molecule is CCC[C@H](C)Oc1nc(N)c2nc(OC)n(CCCC3CCCN(C(=O)OCc4ccccc4)C3)c2n1. The van der Waals surface area contributed by atoms with Crippen molar-refractivity contribution in [3.63, 3.8) is 0 Å². The maximum atomic E-state index is 12.6. The lowest BCUT2D eigenvalue weighted by Crippen LogP contribution is -2.40. The molecule has 1 saturated heterocycles. The summed E-state index contributed by atoms with van der Waals surface area (Å²) in [6, 6.07) is 10.5. The van der Waals surface area contributed by atoms with Crippen LogP contribution in [0.25, 0.3) is 11.2 Å². The zero-order valence-electron chi connectivity index (χ0n) is 22.1. The van der Waals surface area contributed by atoms with Gasteiger partial charge in [0.05, 0.1) is 13.2 Å². The monoisotopic (exact) mass is 510 g/mol. The van der Waals surface area contributed by atoms with Gasteiger partial charge in [0.15, 0.2) is 17.0 Å². The van der Waals surface area contributed by atoms with E-state index in [1.807, 2.05) is 46.7 Å². The van der Waals surface area contributed by atoms with Crippen molar-refractivity contribution >= 4 is 23.1 Å². The molecule has 37 heavy (non-hydrogen) atoms. The molecule has 0 radical (unpaired) electrons. The maximum absolute atomic E-state index is 12.6. The number of likely N-dealkylation sites (tertiary alicyclic amines) is 1. The number of nitrogens with two attached hydrogens (primary N) is 1. The third-order valence-corrected chi connectivity index (χ3v) is 6.73. The van der Waals surface area contributed by atoms with Gasteiger partial charge in [0, 0.05) is 19.6 Å². The number of benzene rings is 1. The smallest absolute Gasteiger partial charge is 0.410 e. The summed E-state index contributed by atoms with van der Waals surface area (Å²) in [6.45, 7) is 6.50. The van der Waals surface area contributed by atoms with Crippen LogP contribution in [0.4, 0.5) is 10.6 Å². The summed E-state index contributed by atoms with van der Waals surface area (Å²) >= 11 is 0. The highest BCUT2D eigenvalue weighted by atomic mass is 16.6. The molecule has 0 aliphatic carbocycles. The highest BCUT2D eigenvalue weighted by molar-refractivity contribution is 5.83. The number of ether oxygens (including phenoxy) is 3. The second-order valence-electron chi connectivity index (χ2n) is 9.67. The second-order valence-corrected chi connectivity index (χ2v) is 9.67. The molecule has 2 atom stereocenters. The lowest BCUT2D eigenvalue weighted by molar-refractivity contribution is 0.0776. The number of carbonyl (C=O) groups is 1. The molecule has 1 amide bonds. The molecule has 2 N–H and O–H groups in total. The number of hydrogen-bond acceptors (Lipinski definition) is 8. The van der Waals surface area contributed by atoms with Crippen molar-refractivity contribution in [2.24, 2.45) is 5.92 Å². The fraction of sp³-hybridized carbons (Fsp3) is 0.556. The Morgan fingerprint density at radius 2 is 2.03 bits per heavy atom. The molecule has 0 saturated carbocycles. The van der Waals surface area contributed by atoms with Crippen LogP contribution in [-0.4, -0.2) is 56.8 Å². The lowest BCUT2D eigenvalue weighted by Gasteiger charge is -2.32. The Kier molecular flexibility index (Phi) is 9.03. The van der Waals surface area contributed by atoms with Gasteiger partial charge in [0.25, 0.3) is 6.01 Å². The Balaban J connectivity index is 1.35. The summed E-state index contributed by atoms with van der Waals surface area (Å²) in [7, 11) is 1.59. The van der Waals surface area contributed by atoms with Gasteiger partial charge in [-0.3, -0.25) is 4.57 Å². The highest BCUT2D eigenvalue weighted by Gasteiger charge is 2.25. The zero-order chi connectivity index (χ0) is 26.2. The van der Waals surface area contributed by atoms with E-state index in [0.717, 1.165) is 50.6 Å². The molecule has 1 aliphatic rings. The zero-order valence-corrected chi connectivity index (χ0v) is 22.1. The van der Waals surface area contributed by atoms with Crippen LogP contribution in [0.5, 0.6) is 12.0 Å². The topological polar surface area (TPSA) is 118 Å². The molecule has 1 fully saturated rings. The summed E-state index contributed by atoms with van der Waals surface area (Å²) < 4.78 is 18.9. The van der Waals surface area contributed by atoms with E-state index in [1.165, 1.54) is 0 Å². The number of rotatable bonds is 11. The Morgan fingerprint density at radius 1 is 1.22 bits per heavy atom. The fourth-order valence-corrected chi connectivity index (χ4v) is 4.85. The van der Waals surface area contributed by atoms with Crippen LogP contribution < -0.4 is 15.2 Å². The van der Waals surface area contributed by atoms with Crippen LogP contribution in [0.2, 0.25) is 0 Å². The Morgan fingerprint density at radius 3 is 2.78 bits per heavy atom. The van der Waals surface area contributed by atoms with E-state index < -0.39 is 0 Å².